The highest BCUT2D eigenvalue weighted by Crippen LogP contribution is 2.21. The molecule has 1 rings (SSSR count). The van der Waals surface area contributed by atoms with Crippen LogP contribution in [0, 0.1) is 0 Å². The highest BCUT2D eigenvalue weighted by molar-refractivity contribution is 9.10. The largest absolute Gasteiger partial charge is 0.465 e. The minimum absolute atomic E-state index is 0.0292. The lowest BCUT2D eigenvalue weighted by Crippen LogP contribution is -2.38. The summed E-state index contributed by atoms with van der Waals surface area (Å²) in [5.74, 6) is -0.0770. The molecule has 6 heteroatoms. The molecule has 0 spiro atoms. The summed E-state index contributed by atoms with van der Waals surface area (Å²) in [7, 11) is 0. The number of halogens is 1. The summed E-state index contributed by atoms with van der Waals surface area (Å²) >= 11 is 4.84. The highest BCUT2D eigenvalue weighted by atomic mass is 79.9. The molecule has 0 aliphatic heterocycles. The van der Waals surface area contributed by atoms with Gasteiger partial charge in [-0.25, -0.2) is 0 Å². The molecular formula is C15H20BrNO3S. The zero-order valence-electron chi connectivity index (χ0n) is 12.3. The Hall–Kier alpha value is -1.01. The van der Waals surface area contributed by atoms with E-state index >= 15 is 0 Å². The van der Waals surface area contributed by atoms with E-state index in [9.17, 15) is 9.59 Å². The molecule has 4 nitrogen and oxygen atoms in total. The maximum absolute atomic E-state index is 12.2. The first-order chi connectivity index (χ1) is 10.1. The zero-order valence-corrected chi connectivity index (χ0v) is 14.7. The summed E-state index contributed by atoms with van der Waals surface area (Å²) in [5, 5.41) is 0. The second kappa shape index (κ2) is 9.84. The minimum atomic E-state index is -0.354. The third-order valence-corrected chi connectivity index (χ3v) is 4.17. The van der Waals surface area contributed by atoms with Crippen LogP contribution >= 0.6 is 27.7 Å². The maximum atomic E-state index is 12.2. The smallest absolute Gasteiger partial charge is 0.325 e. The molecule has 0 aliphatic rings. The Labute approximate surface area is 138 Å². The van der Waals surface area contributed by atoms with E-state index in [2.05, 4.69) is 15.9 Å². The van der Waals surface area contributed by atoms with E-state index in [4.69, 9.17) is 4.74 Å². The lowest BCUT2D eigenvalue weighted by molar-refractivity contribution is -0.148. The fourth-order valence-electron chi connectivity index (χ4n) is 1.69. The molecule has 0 saturated heterocycles. The molecule has 0 unspecified atom stereocenters. The molecule has 116 valence electrons. The molecule has 0 radical (unpaired) electrons. The van der Waals surface area contributed by atoms with Crippen molar-refractivity contribution in [3.63, 3.8) is 0 Å². The van der Waals surface area contributed by atoms with Gasteiger partial charge in [-0.3, -0.25) is 9.59 Å². The number of carbonyl (C=O) groups excluding carboxylic acids is 2. The summed E-state index contributed by atoms with van der Waals surface area (Å²) in [6, 6.07) is 7.79. The number of nitrogens with zero attached hydrogens (tertiary/aromatic N) is 1. The number of rotatable bonds is 8. The van der Waals surface area contributed by atoms with Crippen LogP contribution in [0.15, 0.2) is 33.6 Å². The van der Waals surface area contributed by atoms with Gasteiger partial charge < -0.3 is 9.64 Å². The number of hydrogen-bond acceptors (Lipinski definition) is 4. The Kier molecular flexibility index (Phi) is 8.45. The molecule has 1 aromatic rings. The van der Waals surface area contributed by atoms with Crippen LogP contribution in [0.5, 0.6) is 0 Å². The summed E-state index contributed by atoms with van der Waals surface area (Å²) in [4.78, 5) is 26.3. The third-order valence-electron chi connectivity index (χ3n) is 2.65. The SMILES string of the molecule is CCCN(CC(=O)OCC)C(=O)CSc1ccc(Br)cc1. The van der Waals surface area contributed by atoms with Crippen molar-refractivity contribution in [2.24, 2.45) is 0 Å². The van der Waals surface area contributed by atoms with E-state index in [1.165, 1.54) is 11.8 Å². The monoisotopic (exact) mass is 373 g/mol. The van der Waals surface area contributed by atoms with Crippen LogP contribution in [0.25, 0.3) is 0 Å². The van der Waals surface area contributed by atoms with E-state index in [0.717, 1.165) is 15.8 Å². The Morgan fingerprint density at radius 1 is 1.24 bits per heavy atom. The predicted molar refractivity (Wildman–Crippen MR) is 88.4 cm³/mol. The third kappa shape index (κ3) is 7.00. The van der Waals surface area contributed by atoms with Crippen molar-refractivity contribution in [3.05, 3.63) is 28.7 Å². The van der Waals surface area contributed by atoms with Crippen LogP contribution in [0.3, 0.4) is 0 Å². The van der Waals surface area contributed by atoms with Crippen LogP contribution in [0.1, 0.15) is 20.3 Å². The Balaban J connectivity index is 2.51. The molecule has 21 heavy (non-hydrogen) atoms. The van der Waals surface area contributed by atoms with Gasteiger partial charge in [0.25, 0.3) is 0 Å². The molecule has 0 bridgehead atoms. The molecule has 0 atom stereocenters. The summed E-state index contributed by atoms with van der Waals surface area (Å²) < 4.78 is 5.91. The van der Waals surface area contributed by atoms with Gasteiger partial charge >= 0.3 is 5.97 Å². The van der Waals surface area contributed by atoms with Gasteiger partial charge in [-0.05, 0) is 37.6 Å². The standard InChI is InChI=1S/C15H20BrNO3S/c1-3-9-17(10-15(19)20-4-2)14(18)11-21-13-7-5-12(16)6-8-13/h5-8H,3-4,9-11H2,1-2H3. The van der Waals surface area contributed by atoms with Crippen LogP contribution in [0.4, 0.5) is 0 Å². The number of amides is 1. The Morgan fingerprint density at radius 3 is 2.48 bits per heavy atom. The van der Waals surface area contributed by atoms with Gasteiger partial charge in [0.05, 0.1) is 12.4 Å². The first kappa shape index (κ1) is 18.0. The number of carbonyl (C=O) groups is 2. The van der Waals surface area contributed by atoms with E-state index in [1.807, 2.05) is 31.2 Å². The molecule has 1 amide bonds. The van der Waals surface area contributed by atoms with Crippen LogP contribution in [0.2, 0.25) is 0 Å². The normalized spacial score (nSPS) is 10.2. The molecule has 1 aromatic carbocycles. The van der Waals surface area contributed by atoms with Crippen LogP contribution in [-0.4, -0.2) is 42.2 Å². The minimum Gasteiger partial charge on any atom is -0.465 e. The van der Waals surface area contributed by atoms with E-state index in [1.54, 1.807) is 11.8 Å². The second-order valence-electron chi connectivity index (χ2n) is 4.36. The number of ether oxygens (including phenoxy) is 1. The molecule has 0 saturated carbocycles. The van der Waals surface area contributed by atoms with Gasteiger partial charge in [-0.15, -0.1) is 11.8 Å². The van der Waals surface area contributed by atoms with Crippen molar-refractivity contribution in [2.75, 3.05) is 25.4 Å². The van der Waals surface area contributed by atoms with Gasteiger partial charge in [0.2, 0.25) is 5.91 Å². The second-order valence-corrected chi connectivity index (χ2v) is 6.33. The highest BCUT2D eigenvalue weighted by Gasteiger charge is 2.17. The molecule has 0 fully saturated rings. The molecule has 0 heterocycles. The zero-order chi connectivity index (χ0) is 15.7. The quantitative estimate of drug-likeness (QED) is 0.517. The van der Waals surface area contributed by atoms with Crippen molar-refractivity contribution in [2.45, 2.75) is 25.2 Å². The predicted octanol–water partition coefficient (Wildman–Crippen LogP) is 3.34. The number of thioether (sulfide) groups is 1. The van der Waals surface area contributed by atoms with Gasteiger partial charge in [-0.2, -0.15) is 0 Å². The number of esters is 1. The first-order valence-corrected chi connectivity index (χ1v) is 8.66. The van der Waals surface area contributed by atoms with Gasteiger partial charge in [0.15, 0.2) is 0 Å². The summed E-state index contributed by atoms with van der Waals surface area (Å²) in [6.45, 7) is 4.67. The van der Waals surface area contributed by atoms with Crippen LogP contribution in [-0.2, 0) is 14.3 Å². The molecule has 0 N–H and O–H groups in total. The fourth-order valence-corrected chi connectivity index (χ4v) is 2.76. The van der Waals surface area contributed by atoms with Gasteiger partial charge in [0, 0.05) is 15.9 Å². The van der Waals surface area contributed by atoms with Crippen LogP contribution < -0.4 is 0 Å². The van der Waals surface area contributed by atoms with Crippen molar-refractivity contribution in [1.29, 1.82) is 0 Å². The lowest BCUT2D eigenvalue weighted by atomic mass is 10.4. The average Bonchev–Trinajstić information content (AvgIpc) is 2.46. The van der Waals surface area contributed by atoms with Crippen molar-refractivity contribution < 1.29 is 14.3 Å². The summed E-state index contributed by atoms with van der Waals surface area (Å²) in [5.41, 5.74) is 0. The molecular weight excluding hydrogens is 354 g/mol. The average molecular weight is 374 g/mol. The van der Waals surface area contributed by atoms with E-state index in [-0.39, 0.29) is 18.4 Å². The van der Waals surface area contributed by atoms with E-state index in [0.29, 0.717) is 18.9 Å². The first-order valence-electron chi connectivity index (χ1n) is 6.88. The summed E-state index contributed by atoms with van der Waals surface area (Å²) in [6.07, 6.45) is 0.814. The van der Waals surface area contributed by atoms with Crippen molar-refractivity contribution in [1.82, 2.24) is 4.90 Å². The van der Waals surface area contributed by atoms with Crippen molar-refractivity contribution >= 4 is 39.6 Å². The van der Waals surface area contributed by atoms with Gasteiger partial charge in [0.1, 0.15) is 6.54 Å². The molecule has 0 aliphatic carbocycles. The fraction of sp³-hybridized carbons (Fsp3) is 0.467. The number of hydrogen-bond donors (Lipinski definition) is 0. The van der Waals surface area contributed by atoms with E-state index < -0.39 is 0 Å². The maximum Gasteiger partial charge on any atom is 0.325 e. The Morgan fingerprint density at radius 2 is 1.90 bits per heavy atom. The number of benzene rings is 1. The lowest BCUT2D eigenvalue weighted by Gasteiger charge is -2.20. The van der Waals surface area contributed by atoms with Gasteiger partial charge in [-0.1, -0.05) is 22.9 Å². The topological polar surface area (TPSA) is 46.6 Å². The molecule has 0 aromatic heterocycles. The van der Waals surface area contributed by atoms with Crippen molar-refractivity contribution in [3.8, 4) is 0 Å². The Bertz CT molecular complexity index is 464.